The monoisotopic (exact) mass is 333 g/mol. The molecule has 0 radical (unpaired) electrons. The lowest BCUT2D eigenvalue weighted by Gasteiger charge is -2.29. The van der Waals surface area contributed by atoms with Crippen molar-refractivity contribution in [3.8, 4) is 11.5 Å². The van der Waals surface area contributed by atoms with Gasteiger partial charge in [0.15, 0.2) is 22.9 Å². The summed E-state index contributed by atoms with van der Waals surface area (Å²) in [6, 6.07) is 3.09. The second-order valence-electron chi connectivity index (χ2n) is 5.69. The number of esters is 2. The summed E-state index contributed by atoms with van der Waals surface area (Å²) in [7, 11) is 0. The van der Waals surface area contributed by atoms with Crippen LogP contribution in [0.4, 0.5) is 5.69 Å². The maximum atomic E-state index is 11.9. The minimum atomic E-state index is -1.31. The van der Waals surface area contributed by atoms with Gasteiger partial charge >= 0.3 is 11.9 Å². The van der Waals surface area contributed by atoms with Gasteiger partial charge in [-0.1, -0.05) is 0 Å². The Morgan fingerprint density at radius 1 is 1.12 bits per heavy atom. The Morgan fingerprint density at radius 3 is 2.29 bits per heavy atom. The van der Waals surface area contributed by atoms with Crippen LogP contribution >= 0.6 is 0 Å². The quantitative estimate of drug-likeness (QED) is 0.386. The molecule has 2 aliphatic rings. The first kappa shape index (κ1) is 15.9. The predicted octanol–water partition coefficient (Wildman–Crippen LogP) is 1.75. The lowest BCUT2D eigenvalue weighted by molar-refractivity contribution is -0.222. The van der Waals surface area contributed by atoms with E-state index in [1.54, 1.807) is 6.07 Å². The number of hydrogen-bond donors (Lipinski definition) is 1. The number of ether oxygens (including phenoxy) is 4. The van der Waals surface area contributed by atoms with Crippen LogP contribution in [0.2, 0.25) is 0 Å². The molecule has 1 N–H and O–H groups in total. The Labute approximate surface area is 137 Å². The van der Waals surface area contributed by atoms with Gasteiger partial charge in [-0.05, 0) is 13.0 Å². The number of Topliss-reactive ketones (excluding diaryl/α,β-unsaturated/α-hetero) is 1. The molecule has 0 aliphatic carbocycles. The van der Waals surface area contributed by atoms with Gasteiger partial charge in [0.05, 0.1) is 5.69 Å². The zero-order chi connectivity index (χ0) is 17.5. The molecule has 1 saturated heterocycles. The molecule has 1 aromatic carbocycles. The van der Waals surface area contributed by atoms with Gasteiger partial charge in [0, 0.05) is 31.7 Å². The molecule has 0 bridgehead atoms. The minimum absolute atomic E-state index is 0.0605. The fourth-order valence-corrected chi connectivity index (χ4v) is 2.28. The molecule has 3 rings (SSSR count). The summed E-state index contributed by atoms with van der Waals surface area (Å²) in [6.45, 7) is 4.36. The van der Waals surface area contributed by atoms with Gasteiger partial charge < -0.3 is 24.3 Å². The highest BCUT2D eigenvalue weighted by Crippen LogP contribution is 2.37. The van der Waals surface area contributed by atoms with E-state index in [4.69, 9.17) is 18.9 Å². The third-order valence-corrected chi connectivity index (χ3v) is 3.38. The average Bonchev–Trinajstić information content (AvgIpc) is 2.91. The zero-order valence-electron chi connectivity index (χ0n) is 13.3. The normalized spacial score (nSPS) is 17.9. The van der Waals surface area contributed by atoms with Crippen molar-refractivity contribution in [2.24, 2.45) is 0 Å². The second-order valence-corrected chi connectivity index (χ2v) is 5.69. The standard InChI is InChI=1S/C16H15NO7/c1-8(18)9-4-12-13(22-7-21-12)5-11(9)17-6-10-14(19)23-16(2,3)24-15(10)20/h4-6,17H,7H2,1-3H3. The van der Waals surface area contributed by atoms with Crippen molar-refractivity contribution in [2.45, 2.75) is 26.6 Å². The fraction of sp³-hybridized carbons (Fsp3) is 0.312. The SMILES string of the molecule is CC(=O)c1cc2c(cc1NC=C1C(=O)OC(C)(C)OC1=O)OCO2. The molecule has 1 aromatic rings. The van der Waals surface area contributed by atoms with Crippen LogP contribution in [0.3, 0.4) is 0 Å². The highest BCUT2D eigenvalue weighted by Gasteiger charge is 2.39. The van der Waals surface area contributed by atoms with Gasteiger partial charge in [-0.15, -0.1) is 0 Å². The average molecular weight is 333 g/mol. The first-order chi connectivity index (χ1) is 11.3. The summed E-state index contributed by atoms with van der Waals surface area (Å²) < 4.78 is 20.5. The number of nitrogens with one attached hydrogen (secondary N) is 1. The largest absolute Gasteiger partial charge is 0.454 e. The number of carbonyl (C=O) groups is 3. The number of rotatable bonds is 3. The first-order valence-electron chi connectivity index (χ1n) is 7.15. The van der Waals surface area contributed by atoms with E-state index in [1.165, 1.54) is 26.8 Å². The van der Waals surface area contributed by atoms with E-state index in [-0.39, 0.29) is 18.1 Å². The number of anilines is 1. The van der Waals surface area contributed by atoms with Crippen molar-refractivity contribution in [1.29, 1.82) is 0 Å². The Kier molecular flexibility index (Phi) is 3.67. The summed E-state index contributed by atoms with van der Waals surface area (Å²) in [5.41, 5.74) is 0.389. The topological polar surface area (TPSA) is 100 Å². The number of fused-ring (bicyclic) bond motifs is 1. The van der Waals surface area contributed by atoms with Crippen LogP contribution in [-0.2, 0) is 19.1 Å². The van der Waals surface area contributed by atoms with Crippen molar-refractivity contribution < 1.29 is 33.3 Å². The van der Waals surface area contributed by atoms with Crippen LogP contribution in [0.25, 0.3) is 0 Å². The highest BCUT2D eigenvalue weighted by atomic mass is 16.7. The maximum Gasteiger partial charge on any atom is 0.350 e. The van der Waals surface area contributed by atoms with Crippen LogP contribution in [-0.4, -0.2) is 30.3 Å². The molecule has 126 valence electrons. The van der Waals surface area contributed by atoms with E-state index in [2.05, 4.69) is 5.32 Å². The van der Waals surface area contributed by atoms with E-state index >= 15 is 0 Å². The maximum absolute atomic E-state index is 11.9. The van der Waals surface area contributed by atoms with E-state index in [0.29, 0.717) is 22.7 Å². The molecular formula is C16H15NO7. The molecule has 8 nitrogen and oxygen atoms in total. The van der Waals surface area contributed by atoms with Crippen LogP contribution in [0, 0.1) is 0 Å². The van der Waals surface area contributed by atoms with Gasteiger partial charge in [-0.3, -0.25) is 4.79 Å². The minimum Gasteiger partial charge on any atom is -0.454 e. The Bertz CT molecular complexity index is 757. The summed E-state index contributed by atoms with van der Waals surface area (Å²) in [5.74, 6) is -2.24. The third kappa shape index (κ3) is 2.90. The molecular weight excluding hydrogens is 318 g/mol. The summed E-state index contributed by atoms with van der Waals surface area (Å²) in [5, 5.41) is 2.76. The first-order valence-corrected chi connectivity index (χ1v) is 7.15. The highest BCUT2D eigenvalue weighted by molar-refractivity contribution is 6.15. The number of benzene rings is 1. The van der Waals surface area contributed by atoms with E-state index < -0.39 is 17.7 Å². The number of hydrogen-bond acceptors (Lipinski definition) is 8. The molecule has 8 heteroatoms. The summed E-state index contributed by atoms with van der Waals surface area (Å²) in [4.78, 5) is 35.6. The van der Waals surface area contributed by atoms with Crippen LogP contribution in [0.1, 0.15) is 31.1 Å². The van der Waals surface area contributed by atoms with Crippen LogP contribution in [0.15, 0.2) is 23.9 Å². The molecule has 1 fully saturated rings. The van der Waals surface area contributed by atoms with Crippen molar-refractivity contribution >= 4 is 23.4 Å². The van der Waals surface area contributed by atoms with Crippen molar-refractivity contribution in [3.63, 3.8) is 0 Å². The summed E-state index contributed by atoms with van der Waals surface area (Å²) in [6.07, 6.45) is 1.14. The van der Waals surface area contributed by atoms with Crippen molar-refractivity contribution in [3.05, 3.63) is 29.5 Å². The molecule has 0 amide bonds. The predicted molar refractivity (Wildman–Crippen MR) is 80.5 cm³/mol. The van der Waals surface area contributed by atoms with Crippen LogP contribution in [0.5, 0.6) is 11.5 Å². The number of ketones is 1. The molecule has 0 atom stereocenters. The Morgan fingerprint density at radius 2 is 1.71 bits per heavy atom. The third-order valence-electron chi connectivity index (χ3n) is 3.38. The van der Waals surface area contributed by atoms with Gasteiger partial charge in [0.1, 0.15) is 0 Å². The smallest absolute Gasteiger partial charge is 0.350 e. The molecule has 0 aromatic heterocycles. The molecule has 0 saturated carbocycles. The van der Waals surface area contributed by atoms with Gasteiger partial charge in [-0.2, -0.15) is 0 Å². The molecule has 24 heavy (non-hydrogen) atoms. The van der Waals surface area contributed by atoms with E-state index in [0.717, 1.165) is 6.20 Å². The Balaban J connectivity index is 1.90. The Hall–Kier alpha value is -3.03. The fourth-order valence-electron chi connectivity index (χ4n) is 2.28. The molecule has 0 unspecified atom stereocenters. The molecule has 0 spiro atoms. The summed E-state index contributed by atoms with van der Waals surface area (Å²) >= 11 is 0. The number of cyclic esters (lactones) is 2. The molecule has 2 aliphatic heterocycles. The van der Waals surface area contributed by atoms with E-state index in [9.17, 15) is 14.4 Å². The molecule has 2 heterocycles. The van der Waals surface area contributed by atoms with E-state index in [1.807, 2.05) is 0 Å². The van der Waals surface area contributed by atoms with Crippen molar-refractivity contribution in [2.75, 3.05) is 12.1 Å². The van der Waals surface area contributed by atoms with Gasteiger partial charge in [0.25, 0.3) is 5.79 Å². The van der Waals surface area contributed by atoms with Crippen LogP contribution < -0.4 is 14.8 Å². The lowest BCUT2D eigenvalue weighted by Crippen LogP contribution is -2.42. The number of carbonyl (C=O) groups excluding carboxylic acids is 3. The van der Waals surface area contributed by atoms with Crippen molar-refractivity contribution in [1.82, 2.24) is 0 Å². The lowest BCUT2D eigenvalue weighted by atomic mass is 10.1. The van der Waals surface area contributed by atoms with Gasteiger partial charge in [0.2, 0.25) is 6.79 Å². The zero-order valence-corrected chi connectivity index (χ0v) is 13.3. The van der Waals surface area contributed by atoms with Gasteiger partial charge in [-0.25, -0.2) is 9.59 Å². The second kappa shape index (κ2) is 5.55.